The number of halogens is 1. The van der Waals surface area contributed by atoms with Gasteiger partial charge in [-0.25, -0.2) is 14.2 Å². The van der Waals surface area contributed by atoms with Crippen LogP contribution in [0.3, 0.4) is 0 Å². The molecule has 0 spiro atoms. The van der Waals surface area contributed by atoms with Gasteiger partial charge in [-0.2, -0.15) is 0 Å². The average molecular weight is 557 g/mol. The molecule has 0 aliphatic carbocycles. The monoisotopic (exact) mass is 556 g/mol. The highest BCUT2D eigenvalue weighted by Gasteiger charge is 2.19. The quantitative estimate of drug-likeness (QED) is 0.166. The zero-order chi connectivity index (χ0) is 29.7. The number of nitrogens with zero attached hydrogens (tertiary/aromatic N) is 2. The van der Waals surface area contributed by atoms with Crippen molar-refractivity contribution in [2.75, 3.05) is 0 Å². The predicted molar refractivity (Wildman–Crippen MR) is 157 cm³/mol. The van der Waals surface area contributed by atoms with Crippen LogP contribution < -0.4 is 15.6 Å². The van der Waals surface area contributed by atoms with Crippen LogP contribution in [0, 0.1) is 18.2 Å². The summed E-state index contributed by atoms with van der Waals surface area (Å²) in [5.74, 6) is 0.374. The second-order valence-electron chi connectivity index (χ2n) is 9.98. The molecule has 0 saturated heterocycles. The Morgan fingerprint density at radius 3 is 2.44 bits per heavy atom. The average Bonchev–Trinajstić information content (AvgIpc) is 2.91. The minimum atomic E-state index is -1.37. The fourth-order valence-corrected chi connectivity index (χ4v) is 4.79. The Kier molecular flexibility index (Phi) is 8.97. The van der Waals surface area contributed by atoms with Crippen molar-refractivity contribution < 1.29 is 19.0 Å². The molecule has 212 valence electrons. The molecule has 3 N–H and O–H groups in total. The van der Waals surface area contributed by atoms with Crippen LogP contribution in [0.2, 0.25) is 0 Å². The van der Waals surface area contributed by atoms with Crippen molar-refractivity contribution in [3.05, 3.63) is 111 Å². The highest BCUT2D eigenvalue weighted by atomic mass is 19.1. The van der Waals surface area contributed by atoms with Crippen LogP contribution in [0.25, 0.3) is 16.8 Å². The van der Waals surface area contributed by atoms with Crippen molar-refractivity contribution in [2.45, 2.75) is 53.1 Å². The van der Waals surface area contributed by atoms with Gasteiger partial charge in [-0.05, 0) is 68.7 Å². The van der Waals surface area contributed by atoms with Crippen molar-refractivity contribution in [1.82, 2.24) is 14.9 Å². The molecule has 1 heterocycles. The van der Waals surface area contributed by atoms with Crippen molar-refractivity contribution in [3.8, 4) is 22.6 Å². The molecule has 0 aliphatic heterocycles. The van der Waals surface area contributed by atoms with Gasteiger partial charge in [0.1, 0.15) is 23.2 Å². The van der Waals surface area contributed by atoms with Gasteiger partial charge in [-0.3, -0.25) is 20.1 Å². The second-order valence-corrected chi connectivity index (χ2v) is 9.98. The maximum Gasteiger partial charge on any atom is 0.410 e. The molecule has 1 aromatic heterocycles. The van der Waals surface area contributed by atoms with Crippen LogP contribution in [0.5, 0.6) is 5.75 Å². The van der Waals surface area contributed by atoms with Gasteiger partial charge < -0.3 is 9.84 Å². The summed E-state index contributed by atoms with van der Waals surface area (Å²) in [6.07, 6.45) is 0.247. The van der Waals surface area contributed by atoms with Crippen LogP contribution in [-0.2, 0) is 12.8 Å². The van der Waals surface area contributed by atoms with E-state index in [1.165, 1.54) is 6.07 Å². The summed E-state index contributed by atoms with van der Waals surface area (Å²) >= 11 is 0. The van der Waals surface area contributed by atoms with Gasteiger partial charge in [0.05, 0.1) is 17.5 Å². The van der Waals surface area contributed by atoms with E-state index < -0.39 is 11.9 Å². The van der Waals surface area contributed by atoms with E-state index >= 15 is 4.39 Å². The first-order valence-electron chi connectivity index (χ1n) is 13.4. The maximum absolute atomic E-state index is 15.5. The third-order valence-electron chi connectivity index (χ3n) is 6.52. The minimum absolute atomic E-state index is 0.0285. The standard InChI is InChI=1S/C32H33FN4O4/c1-5-8-29-27(31(38)37(20(4)35-29)22-12-14-23(15-13-22)41-19(2)3)17-21-11-16-25(28(33)18-21)24-9-6-7-10-26(24)30(34)36-32(39)40/h6-7,9-16,18-19H,5,8,17H2,1-4H3,(H2,34,36)(H,39,40). The Labute approximate surface area is 238 Å². The number of hydrogen-bond donors (Lipinski definition) is 3. The molecule has 41 heavy (non-hydrogen) atoms. The number of nitrogens with one attached hydrogen (secondary N) is 2. The molecule has 0 bridgehead atoms. The van der Waals surface area contributed by atoms with Crippen LogP contribution >= 0.6 is 0 Å². The van der Waals surface area contributed by atoms with E-state index in [9.17, 15) is 9.59 Å². The maximum atomic E-state index is 15.5. The molecule has 0 unspecified atom stereocenters. The molecule has 4 aromatic rings. The fourth-order valence-electron chi connectivity index (χ4n) is 4.79. The molecule has 8 nitrogen and oxygen atoms in total. The van der Waals surface area contributed by atoms with Gasteiger partial charge >= 0.3 is 6.09 Å². The van der Waals surface area contributed by atoms with Crippen LogP contribution in [0.15, 0.2) is 71.5 Å². The molecule has 3 aromatic carbocycles. The van der Waals surface area contributed by atoms with E-state index in [1.54, 1.807) is 47.9 Å². The van der Waals surface area contributed by atoms with Gasteiger partial charge in [0, 0.05) is 23.1 Å². The number of aryl methyl sites for hydroxylation is 2. The number of aromatic nitrogens is 2. The molecule has 0 aliphatic rings. The number of amides is 1. The molecule has 0 saturated carbocycles. The smallest absolute Gasteiger partial charge is 0.410 e. The van der Waals surface area contributed by atoms with Gasteiger partial charge in [0.15, 0.2) is 0 Å². The summed E-state index contributed by atoms with van der Waals surface area (Å²) in [5, 5.41) is 19.1. The third kappa shape index (κ3) is 6.69. The second kappa shape index (κ2) is 12.6. The number of benzene rings is 3. The van der Waals surface area contributed by atoms with E-state index in [0.717, 1.165) is 6.42 Å². The van der Waals surface area contributed by atoms with E-state index in [2.05, 4.69) is 0 Å². The SMILES string of the molecule is CCCc1nc(C)n(-c2ccc(OC(C)C)cc2)c(=O)c1Cc1ccc(-c2ccccc2C(=N)NC(=O)O)c(F)c1. The van der Waals surface area contributed by atoms with E-state index in [0.29, 0.717) is 46.1 Å². The summed E-state index contributed by atoms with van der Waals surface area (Å²) in [5.41, 5.74) is 3.09. The molecule has 0 fully saturated rings. The Bertz CT molecular complexity index is 1650. The van der Waals surface area contributed by atoms with Crippen LogP contribution in [-0.4, -0.2) is 32.7 Å². The Morgan fingerprint density at radius 1 is 1.10 bits per heavy atom. The molecule has 4 rings (SSSR count). The molecule has 9 heteroatoms. The van der Waals surface area contributed by atoms with Gasteiger partial charge in [0.2, 0.25) is 0 Å². The molecule has 1 amide bonds. The van der Waals surface area contributed by atoms with Crippen molar-refractivity contribution in [1.29, 1.82) is 5.41 Å². The highest BCUT2D eigenvalue weighted by molar-refractivity contribution is 6.08. The first kappa shape index (κ1) is 29.2. The zero-order valence-corrected chi connectivity index (χ0v) is 23.5. The lowest BCUT2D eigenvalue weighted by atomic mass is 9.95. The van der Waals surface area contributed by atoms with Crippen LogP contribution in [0.4, 0.5) is 9.18 Å². The lowest BCUT2D eigenvalue weighted by molar-refractivity contribution is 0.200. The van der Waals surface area contributed by atoms with Crippen molar-refractivity contribution in [2.24, 2.45) is 0 Å². The topological polar surface area (TPSA) is 117 Å². The normalized spacial score (nSPS) is 11.0. The Morgan fingerprint density at radius 2 is 1.80 bits per heavy atom. The van der Waals surface area contributed by atoms with E-state index in [4.69, 9.17) is 20.2 Å². The fraction of sp³-hybridized carbons (Fsp3) is 0.250. The van der Waals surface area contributed by atoms with Crippen molar-refractivity contribution in [3.63, 3.8) is 0 Å². The predicted octanol–water partition coefficient (Wildman–Crippen LogP) is 6.27. The largest absolute Gasteiger partial charge is 0.491 e. The van der Waals surface area contributed by atoms with E-state index in [1.807, 2.05) is 50.4 Å². The Hall–Kier alpha value is -4.79. The zero-order valence-electron chi connectivity index (χ0n) is 23.5. The molecule has 0 radical (unpaired) electrons. The Balaban J connectivity index is 1.72. The van der Waals surface area contributed by atoms with Gasteiger partial charge in [0.25, 0.3) is 5.56 Å². The molecule has 0 atom stereocenters. The lowest BCUT2D eigenvalue weighted by Crippen LogP contribution is -2.29. The number of rotatable bonds is 9. The molecular weight excluding hydrogens is 523 g/mol. The third-order valence-corrected chi connectivity index (χ3v) is 6.52. The summed E-state index contributed by atoms with van der Waals surface area (Å²) in [6.45, 7) is 7.70. The highest BCUT2D eigenvalue weighted by Crippen LogP contribution is 2.28. The van der Waals surface area contributed by atoms with Crippen molar-refractivity contribution >= 4 is 11.9 Å². The molecular formula is C32H33FN4O4. The minimum Gasteiger partial charge on any atom is -0.491 e. The summed E-state index contributed by atoms with van der Waals surface area (Å²) in [6, 6.07) is 18.5. The number of carbonyl (C=O) groups is 1. The lowest BCUT2D eigenvalue weighted by Gasteiger charge is -2.17. The van der Waals surface area contributed by atoms with Gasteiger partial charge in [-0.15, -0.1) is 0 Å². The summed E-state index contributed by atoms with van der Waals surface area (Å²) < 4.78 is 22.8. The number of carboxylic acid groups (broad SMARTS) is 1. The first-order valence-corrected chi connectivity index (χ1v) is 13.4. The number of hydrogen-bond acceptors (Lipinski definition) is 5. The number of amidine groups is 1. The van der Waals surface area contributed by atoms with E-state index in [-0.39, 0.29) is 35.0 Å². The summed E-state index contributed by atoms with van der Waals surface area (Å²) in [7, 11) is 0. The summed E-state index contributed by atoms with van der Waals surface area (Å²) in [4.78, 5) is 29.7. The van der Waals surface area contributed by atoms with Crippen LogP contribution in [0.1, 0.15) is 55.4 Å². The van der Waals surface area contributed by atoms with Gasteiger partial charge in [-0.1, -0.05) is 49.7 Å². The number of ether oxygens (including phenoxy) is 1. The first-order chi connectivity index (χ1) is 19.6.